The summed E-state index contributed by atoms with van der Waals surface area (Å²) >= 11 is 0. The Bertz CT molecular complexity index is 1930. The molecule has 0 radical (unpaired) electrons. The summed E-state index contributed by atoms with van der Waals surface area (Å²) in [5, 5.41) is 1.19. The van der Waals surface area contributed by atoms with Gasteiger partial charge in [-0.25, -0.2) is 23.1 Å². The summed E-state index contributed by atoms with van der Waals surface area (Å²) < 4.78 is 33.5. The molecule has 1 saturated heterocycles. The van der Waals surface area contributed by atoms with Crippen molar-refractivity contribution in [3.63, 3.8) is 0 Å². The predicted molar refractivity (Wildman–Crippen MR) is 190 cm³/mol. The second-order valence-electron chi connectivity index (χ2n) is 13.2. The van der Waals surface area contributed by atoms with E-state index in [9.17, 15) is 9.59 Å². The van der Waals surface area contributed by atoms with Crippen LogP contribution in [-0.2, 0) is 4.79 Å². The number of piperazine rings is 1. The highest BCUT2D eigenvalue weighted by atomic mass is 19.1. The third-order valence-corrected chi connectivity index (χ3v) is 8.55. The molecule has 1 fully saturated rings. The first kappa shape index (κ1) is 33.8. The first-order chi connectivity index (χ1) is 22.2. The monoisotopic (exact) mass is 636 g/mol. The number of nitrogens with zero attached hydrogens (tertiary/aromatic N) is 6. The Morgan fingerprint density at radius 1 is 1.02 bits per heavy atom. The van der Waals surface area contributed by atoms with Crippen molar-refractivity contribution in [2.24, 2.45) is 0 Å². The maximum atomic E-state index is 16.4. The van der Waals surface area contributed by atoms with E-state index >= 15 is 8.78 Å². The number of hydrogen-bond donors (Lipinski definition) is 0. The lowest BCUT2D eigenvalue weighted by Crippen LogP contribution is -2.58. The fourth-order valence-electron chi connectivity index (χ4n) is 6.57. The van der Waals surface area contributed by atoms with Gasteiger partial charge in [0.2, 0.25) is 5.91 Å². The summed E-state index contributed by atoms with van der Waals surface area (Å²) in [7, 11) is 3.75. The van der Waals surface area contributed by atoms with E-state index in [1.165, 1.54) is 22.8 Å². The average molecular weight is 636 g/mol. The Morgan fingerprint density at radius 2 is 1.70 bits per heavy atom. The van der Waals surface area contributed by atoms with Crippen LogP contribution in [0.2, 0.25) is 0 Å². The number of halogens is 2. The molecule has 2 atom stereocenters. The van der Waals surface area contributed by atoms with Crippen LogP contribution in [0, 0.1) is 11.6 Å². The molecule has 47 heavy (non-hydrogen) atoms. The molecule has 0 N–H and O–H groups in total. The Hall–Kier alpha value is -4.60. The number of anilines is 1. The Labute approximate surface area is 276 Å². The zero-order valence-corrected chi connectivity index (χ0v) is 28.3. The van der Waals surface area contributed by atoms with Gasteiger partial charge in [0.1, 0.15) is 33.0 Å². The van der Waals surface area contributed by atoms with Crippen molar-refractivity contribution >= 4 is 44.5 Å². The third-order valence-electron chi connectivity index (χ3n) is 8.55. The van der Waals surface area contributed by atoms with Crippen LogP contribution >= 0.6 is 0 Å². The van der Waals surface area contributed by atoms with Gasteiger partial charge in [-0.05, 0) is 61.1 Å². The lowest BCUT2D eigenvalue weighted by molar-refractivity contribution is -0.127. The molecule has 0 spiro atoms. The second-order valence-corrected chi connectivity index (χ2v) is 13.2. The summed E-state index contributed by atoms with van der Waals surface area (Å²) in [6.45, 7) is 16.2. The van der Waals surface area contributed by atoms with E-state index in [0.29, 0.717) is 35.4 Å². The third kappa shape index (κ3) is 6.25. The van der Waals surface area contributed by atoms with Gasteiger partial charge in [0.25, 0.3) is 0 Å². The number of amides is 1. The number of hydrogen-bond acceptors (Lipinski definition) is 6. The molecule has 3 aromatic heterocycles. The van der Waals surface area contributed by atoms with Gasteiger partial charge < -0.3 is 9.80 Å². The SMILES string of the molecule is BC(B)=Cc1cccc(F)c1-c1nc2c(cc1F)c(N1[C@@H](C)CN(C(=O)C=C)C[C@@H]1C)nc(=O)n2-c1c(C(C)C)ccnc1C(C)C. The number of rotatable bonds is 7. The van der Waals surface area contributed by atoms with Gasteiger partial charge in [0.15, 0.2) is 11.5 Å². The zero-order valence-electron chi connectivity index (χ0n) is 28.3. The molecule has 4 heterocycles. The molecule has 1 aliphatic heterocycles. The van der Waals surface area contributed by atoms with Gasteiger partial charge >= 0.3 is 5.69 Å². The second kappa shape index (κ2) is 13.3. The standard InChI is InChI=1S/C35H40B2F2N6O2/c1-8-28(46)43-16-20(6)44(21(7)17-43)34-24-15-26(39)31(29-22(14-27(36)37)10-9-11-25(29)38)41-33(24)45(35(47)42-34)32-23(18(2)3)12-13-40-30(32)19(4)5/h8-15,18-21H,1,16-17,36-37H2,2-7H3/t20-,21-/m0/s1. The van der Waals surface area contributed by atoms with Gasteiger partial charge in [0, 0.05) is 36.9 Å². The fraction of sp³-hybridized carbons (Fsp3) is 0.343. The average Bonchev–Trinajstić information content (AvgIpc) is 3.00. The molecule has 4 aromatic rings. The largest absolute Gasteiger partial charge is 0.355 e. The number of pyridine rings is 2. The highest BCUT2D eigenvalue weighted by molar-refractivity contribution is 6.50. The fourth-order valence-corrected chi connectivity index (χ4v) is 6.57. The number of aromatic nitrogens is 4. The molecule has 8 nitrogen and oxygen atoms in total. The van der Waals surface area contributed by atoms with E-state index in [1.807, 2.05) is 68.2 Å². The first-order valence-electron chi connectivity index (χ1n) is 16.0. The summed E-state index contributed by atoms with van der Waals surface area (Å²) in [6, 6.07) is 7.18. The molecule has 242 valence electrons. The maximum Gasteiger partial charge on any atom is 0.355 e. The lowest BCUT2D eigenvalue weighted by Gasteiger charge is -2.45. The number of benzene rings is 1. The number of carbonyl (C=O) groups is 1. The molecule has 1 amide bonds. The summed E-state index contributed by atoms with van der Waals surface area (Å²) in [5.41, 5.74) is 1.84. The van der Waals surface area contributed by atoms with Crippen molar-refractivity contribution in [3.8, 4) is 16.9 Å². The molecule has 1 aliphatic rings. The molecule has 5 rings (SSSR count). The minimum Gasteiger partial charge on any atom is -0.347 e. The molecular weight excluding hydrogens is 596 g/mol. The Balaban J connectivity index is 1.91. The van der Waals surface area contributed by atoms with Gasteiger partial charge in [-0.3, -0.25) is 9.78 Å². The number of fused-ring (bicyclic) bond motifs is 1. The Morgan fingerprint density at radius 3 is 2.30 bits per heavy atom. The topological polar surface area (TPSA) is 84.2 Å². The summed E-state index contributed by atoms with van der Waals surface area (Å²) in [6.07, 6.45) is 4.78. The van der Waals surface area contributed by atoms with Gasteiger partial charge in [-0.1, -0.05) is 52.5 Å². The minimum atomic E-state index is -0.751. The van der Waals surface area contributed by atoms with Crippen molar-refractivity contribution in [2.45, 2.75) is 65.5 Å². The molecular formula is C35H40B2F2N6O2. The van der Waals surface area contributed by atoms with E-state index in [0.717, 1.165) is 10.9 Å². The van der Waals surface area contributed by atoms with E-state index in [-0.39, 0.29) is 52.5 Å². The van der Waals surface area contributed by atoms with Crippen LogP contribution < -0.4 is 10.6 Å². The van der Waals surface area contributed by atoms with Gasteiger partial charge in [-0.2, -0.15) is 4.98 Å². The lowest BCUT2D eigenvalue weighted by atomic mass is 9.77. The van der Waals surface area contributed by atoms with Crippen molar-refractivity contribution in [2.75, 3.05) is 18.0 Å². The van der Waals surface area contributed by atoms with Crippen molar-refractivity contribution in [1.82, 2.24) is 24.4 Å². The van der Waals surface area contributed by atoms with Crippen molar-refractivity contribution < 1.29 is 13.6 Å². The molecule has 12 heteroatoms. The maximum absolute atomic E-state index is 16.4. The predicted octanol–water partition coefficient (Wildman–Crippen LogP) is 4.54. The van der Waals surface area contributed by atoms with E-state index in [4.69, 9.17) is 4.98 Å². The molecule has 0 bridgehead atoms. The van der Waals surface area contributed by atoms with E-state index < -0.39 is 17.3 Å². The smallest absolute Gasteiger partial charge is 0.347 e. The van der Waals surface area contributed by atoms with Crippen LogP contribution in [0.3, 0.4) is 0 Å². The van der Waals surface area contributed by atoms with Crippen LogP contribution in [0.15, 0.2) is 59.3 Å². The molecule has 0 unspecified atom stereocenters. The van der Waals surface area contributed by atoms with Gasteiger partial charge in [0.05, 0.1) is 16.8 Å². The minimum absolute atomic E-state index is 0.00148. The van der Waals surface area contributed by atoms with Crippen LogP contribution in [0.5, 0.6) is 0 Å². The highest BCUT2D eigenvalue weighted by Gasteiger charge is 2.35. The normalized spacial score (nSPS) is 16.6. The molecule has 0 saturated carbocycles. The van der Waals surface area contributed by atoms with Crippen LogP contribution in [0.4, 0.5) is 14.6 Å². The zero-order chi connectivity index (χ0) is 34.3. The Kier molecular flexibility index (Phi) is 9.52. The summed E-state index contributed by atoms with van der Waals surface area (Å²) in [4.78, 5) is 44.6. The van der Waals surface area contributed by atoms with Crippen molar-refractivity contribution in [3.05, 3.63) is 93.5 Å². The van der Waals surface area contributed by atoms with Crippen LogP contribution in [-0.4, -0.2) is 71.2 Å². The quantitative estimate of drug-likeness (QED) is 0.219. The van der Waals surface area contributed by atoms with Crippen molar-refractivity contribution in [1.29, 1.82) is 0 Å². The van der Waals surface area contributed by atoms with Gasteiger partial charge in [-0.15, -0.1) is 5.37 Å². The van der Waals surface area contributed by atoms with Crippen LogP contribution in [0.1, 0.15) is 70.2 Å². The first-order valence-corrected chi connectivity index (χ1v) is 16.0. The van der Waals surface area contributed by atoms with E-state index in [2.05, 4.69) is 16.5 Å². The van der Waals surface area contributed by atoms with Crippen LogP contribution in [0.25, 0.3) is 34.1 Å². The summed E-state index contributed by atoms with van der Waals surface area (Å²) in [5.74, 6) is -1.39. The number of carbonyl (C=O) groups excluding carboxylic acids is 1. The molecule has 0 aliphatic carbocycles. The highest BCUT2D eigenvalue weighted by Crippen LogP contribution is 2.37. The van der Waals surface area contributed by atoms with E-state index in [1.54, 1.807) is 29.3 Å². The molecule has 1 aromatic carbocycles.